The number of aromatic nitrogens is 1. The first-order chi connectivity index (χ1) is 20.7. The van der Waals surface area contributed by atoms with Gasteiger partial charge in [0, 0.05) is 5.56 Å². The van der Waals surface area contributed by atoms with Crippen LogP contribution in [0.3, 0.4) is 0 Å². The van der Waals surface area contributed by atoms with Crippen molar-refractivity contribution in [3.05, 3.63) is 77.4 Å². The Morgan fingerprint density at radius 3 is 2.37 bits per heavy atom. The number of aliphatic hydroxyl groups is 1. The van der Waals surface area contributed by atoms with Crippen LogP contribution in [0.1, 0.15) is 44.4 Å². The number of ketones is 1. The van der Waals surface area contributed by atoms with Crippen molar-refractivity contribution in [2.75, 3.05) is 32.3 Å². The van der Waals surface area contributed by atoms with E-state index >= 15 is 0 Å². The summed E-state index contributed by atoms with van der Waals surface area (Å²) in [5.41, 5.74) is 1.53. The van der Waals surface area contributed by atoms with E-state index in [1.165, 1.54) is 23.3 Å². The zero-order valence-electron chi connectivity index (χ0n) is 24.7. The summed E-state index contributed by atoms with van der Waals surface area (Å²) in [6.45, 7) is 7.12. The lowest BCUT2D eigenvalue weighted by atomic mass is 9.95. The monoisotopic (exact) mass is 602 g/mol. The van der Waals surface area contributed by atoms with Gasteiger partial charge in [-0.15, -0.1) is 0 Å². The molecule has 2 heterocycles. The number of carbonyl (C=O) groups is 2. The molecular weight excluding hydrogens is 568 g/mol. The molecule has 0 saturated carbocycles. The maximum atomic E-state index is 13.7. The predicted molar refractivity (Wildman–Crippen MR) is 167 cm³/mol. The molecule has 0 spiro atoms. The van der Waals surface area contributed by atoms with Gasteiger partial charge >= 0.3 is 5.91 Å². The maximum Gasteiger partial charge on any atom is 0.301 e. The summed E-state index contributed by atoms with van der Waals surface area (Å²) in [6, 6.07) is 16.4. The number of hydrogen-bond donors (Lipinski definition) is 1. The zero-order chi connectivity index (χ0) is 30.7. The SMILES string of the molecule is CCOc1ccc(C(O)=C2C(=O)C(=O)N(c3nc4ccc(OC)cc4s3)C2c2ccc(OCCC(C)C)c(OC)c2)cc1. The van der Waals surface area contributed by atoms with Crippen molar-refractivity contribution >= 4 is 44.1 Å². The second-order valence-corrected chi connectivity index (χ2v) is 11.4. The van der Waals surface area contributed by atoms with Gasteiger partial charge in [-0.2, -0.15) is 0 Å². The third-order valence-electron chi connectivity index (χ3n) is 7.13. The summed E-state index contributed by atoms with van der Waals surface area (Å²) in [6.07, 6.45) is 0.871. The predicted octanol–water partition coefficient (Wildman–Crippen LogP) is 6.76. The number of ether oxygens (including phenoxy) is 4. The topological polar surface area (TPSA) is 107 Å². The number of aliphatic hydroxyl groups excluding tert-OH is 1. The molecule has 224 valence electrons. The number of fused-ring (bicyclic) bond motifs is 1. The average Bonchev–Trinajstić information content (AvgIpc) is 3.54. The summed E-state index contributed by atoms with van der Waals surface area (Å²) in [7, 11) is 3.11. The van der Waals surface area contributed by atoms with E-state index < -0.39 is 17.7 Å². The minimum absolute atomic E-state index is 0.0541. The highest BCUT2D eigenvalue weighted by molar-refractivity contribution is 7.22. The van der Waals surface area contributed by atoms with Gasteiger partial charge in [-0.25, -0.2) is 4.98 Å². The molecule has 1 aliphatic rings. The first-order valence-corrected chi connectivity index (χ1v) is 14.9. The highest BCUT2D eigenvalue weighted by atomic mass is 32.1. The molecule has 1 aromatic heterocycles. The molecule has 1 unspecified atom stereocenters. The molecule has 43 heavy (non-hydrogen) atoms. The molecule has 4 aromatic rings. The van der Waals surface area contributed by atoms with Crippen molar-refractivity contribution in [2.45, 2.75) is 33.2 Å². The lowest BCUT2D eigenvalue weighted by Crippen LogP contribution is -2.29. The Labute approximate surface area is 254 Å². The van der Waals surface area contributed by atoms with Gasteiger partial charge in [0.05, 0.1) is 49.3 Å². The second-order valence-electron chi connectivity index (χ2n) is 10.4. The van der Waals surface area contributed by atoms with E-state index in [1.54, 1.807) is 61.7 Å². The van der Waals surface area contributed by atoms with Gasteiger partial charge in [-0.3, -0.25) is 14.5 Å². The summed E-state index contributed by atoms with van der Waals surface area (Å²) in [4.78, 5) is 33.4. The number of benzene rings is 3. The van der Waals surface area contributed by atoms with E-state index in [9.17, 15) is 14.7 Å². The van der Waals surface area contributed by atoms with Crippen molar-refractivity contribution in [1.29, 1.82) is 0 Å². The Balaban J connectivity index is 1.64. The van der Waals surface area contributed by atoms with Crippen LogP contribution in [-0.2, 0) is 9.59 Å². The van der Waals surface area contributed by atoms with Crippen LogP contribution in [0.15, 0.2) is 66.2 Å². The molecule has 1 N–H and O–H groups in total. The third-order valence-corrected chi connectivity index (χ3v) is 8.15. The molecule has 0 aliphatic carbocycles. The Morgan fingerprint density at radius 1 is 0.953 bits per heavy atom. The van der Waals surface area contributed by atoms with Crippen LogP contribution in [0.25, 0.3) is 16.0 Å². The van der Waals surface area contributed by atoms with Crippen molar-refractivity contribution in [3.63, 3.8) is 0 Å². The fourth-order valence-corrected chi connectivity index (χ4v) is 5.90. The number of rotatable bonds is 11. The highest BCUT2D eigenvalue weighted by Gasteiger charge is 2.48. The Morgan fingerprint density at radius 2 is 1.70 bits per heavy atom. The molecule has 1 amide bonds. The van der Waals surface area contributed by atoms with E-state index in [-0.39, 0.29) is 11.3 Å². The normalized spacial score (nSPS) is 16.2. The molecule has 1 aliphatic heterocycles. The number of hydrogen-bond acceptors (Lipinski definition) is 9. The molecule has 1 fully saturated rings. The summed E-state index contributed by atoms with van der Waals surface area (Å²) in [5.74, 6) is 0.830. The minimum Gasteiger partial charge on any atom is -0.507 e. The van der Waals surface area contributed by atoms with E-state index in [4.69, 9.17) is 18.9 Å². The van der Waals surface area contributed by atoms with E-state index in [2.05, 4.69) is 18.8 Å². The number of amides is 1. The molecule has 1 atom stereocenters. The van der Waals surface area contributed by atoms with Crippen LogP contribution < -0.4 is 23.8 Å². The van der Waals surface area contributed by atoms with Crippen molar-refractivity contribution in [3.8, 4) is 23.0 Å². The number of methoxy groups -OCH3 is 2. The molecule has 0 bridgehead atoms. The molecule has 5 rings (SSSR count). The first kappa shape index (κ1) is 29.9. The van der Waals surface area contributed by atoms with Gasteiger partial charge in [0.1, 0.15) is 17.3 Å². The lowest BCUT2D eigenvalue weighted by molar-refractivity contribution is -0.132. The largest absolute Gasteiger partial charge is 0.507 e. The van der Waals surface area contributed by atoms with Gasteiger partial charge in [0.25, 0.3) is 5.78 Å². The zero-order valence-corrected chi connectivity index (χ0v) is 25.6. The smallest absolute Gasteiger partial charge is 0.301 e. The molecule has 9 nitrogen and oxygen atoms in total. The quantitative estimate of drug-likeness (QED) is 0.114. The van der Waals surface area contributed by atoms with Gasteiger partial charge in [-0.1, -0.05) is 31.3 Å². The fraction of sp³-hybridized carbons (Fsp3) is 0.303. The number of nitrogens with zero attached hydrogens (tertiary/aromatic N) is 2. The highest BCUT2D eigenvalue weighted by Crippen LogP contribution is 2.46. The fourth-order valence-electron chi connectivity index (χ4n) is 4.88. The van der Waals surface area contributed by atoms with Crippen LogP contribution in [0.4, 0.5) is 5.13 Å². The molecule has 10 heteroatoms. The standard InChI is InChI=1S/C33H34N2O7S/c1-6-41-22-10-7-20(8-11-22)30(36)28-29(21-9-14-25(26(17-21)40-5)42-16-15-19(2)3)35(32(38)31(28)37)33-34-24-13-12-23(39-4)18-27(24)43-33/h7-14,17-19,29,36H,6,15-16H2,1-5H3. The van der Waals surface area contributed by atoms with Crippen molar-refractivity contribution in [2.24, 2.45) is 5.92 Å². The van der Waals surface area contributed by atoms with E-state index in [0.717, 1.165) is 11.1 Å². The number of thiazole rings is 1. The molecule has 3 aromatic carbocycles. The lowest BCUT2D eigenvalue weighted by Gasteiger charge is -2.24. The summed E-state index contributed by atoms with van der Waals surface area (Å²) in [5, 5.41) is 11.8. The number of carbonyl (C=O) groups excluding carboxylic acids is 2. The van der Waals surface area contributed by atoms with Crippen LogP contribution >= 0.6 is 11.3 Å². The first-order valence-electron chi connectivity index (χ1n) is 14.0. The van der Waals surface area contributed by atoms with Gasteiger partial charge < -0.3 is 24.1 Å². The summed E-state index contributed by atoms with van der Waals surface area (Å²) < 4.78 is 23.3. The Hall–Kier alpha value is -4.57. The number of anilines is 1. The maximum absolute atomic E-state index is 13.7. The van der Waals surface area contributed by atoms with Crippen LogP contribution in [0.5, 0.6) is 23.0 Å². The van der Waals surface area contributed by atoms with Crippen molar-refractivity contribution < 1.29 is 33.6 Å². The van der Waals surface area contributed by atoms with Crippen LogP contribution in [-0.4, -0.2) is 49.2 Å². The average molecular weight is 603 g/mol. The molecular formula is C33H34N2O7S. The van der Waals surface area contributed by atoms with E-state index in [1.807, 2.05) is 13.0 Å². The Kier molecular flexibility index (Phi) is 8.86. The Bertz CT molecular complexity index is 1680. The number of Topliss-reactive ketones (excluding diaryl/α,β-unsaturated/α-hetero) is 1. The van der Waals surface area contributed by atoms with Gasteiger partial charge in [0.2, 0.25) is 0 Å². The molecule has 1 saturated heterocycles. The van der Waals surface area contributed by atoms with Crippen molar-refractivity contribution in [1.82, 2.24) is 4.98 Å². The van der Waals surface area contributed by atoms with Gasteiger partial charge in [-0.05, 0) is 79.4 Å². The molecule has 0 radical (unpaired) electrons. The van der Waals surface area contributed by atoms with Crippen LogP contribution in [0.2, 0.25) is 0 Å². The summed E-state index contributed by atoms with van der Waals surface area (Å²) >= 11 is 1.26. The van der Waals surface area contributed by atoms with E-state index in [0.29, 0.717) is 63.9 Å². The second kappa shape index (κ2) is 12.7. The minimum atomic E-state index is -0.979. The van der Waals surface area contributed by atoms with Crippen LogP contribution in [0, 0.1) is 5.92 Å². The third kappa shape index (κ3) is 6.01. The van der Waals surface area contributed by atoms with Gasteiger partial charge in [0.15, 0.2) is 16.6 Å².